The van der Waals surface area contributed by atoms with Crippen LogP contribution >= 0.6 is 12.4 Å². The zero-order valence-electron chi connectivity index (χ0n) is 14.1. The molecule has 1 saturated heterocycles. The van der Waals surface area contributed by atoms with Crippen LogP contribution < -0.4 is 4.90 Å². The van der Waals surface area contributed by atoms with Gasteiger partial charge in [0.15, 0.2) is 5.76 Å². The van der Waals surface area contributed by atoms with E-state index in [-0.39, 0.29) is 23.6 Å². The molecule has 5 nitrogen and oxygen atoms in total. The third-order valence-corrected chi connectivity index (χ3v) is 4.50. The molecule has 0 unspecified atom stereocenters. The third-order valence-electron chi connectivity index (χ3n) is 4.50. The summed E-state index contributed by atoms with van der Waals surface area (Å²) in [5.41, 5.74) is 2.97. The first-order valence-electron chi connectivity index (χ1n) is 7.97. The fourth-order valence-electron chi connectivity index (χ4n) is 3.20. The lowest BCUT2D eigenvalue weighted by Crippen LogP contribution is -2.44. The summed E-state index contributed by atoms with van der Waals surface area (Å²) < 4.78 is 6.15. The number of rotatable bonds is 2. The predicted molar refractivity (Wildman–Crippen MR) is 104 cm³/mol. The molecular weight excluding hydrogens is 340 g/mol. The third kappa shape index (κ3) is 3.58. The summed E-state index contributed by atoms with van der Waals surface area (Å²) in [6, 6.07) is 15.5. The van der Waals surface area contributed by atoms with E-state index in [1.807, 2.05) is 24.3 Å². The molecule has 4 rings (SSSR count). The van der Waals surface area contributed by atoms with Crippen molar-refractivity contribution in [1.82, 2.24) is 4.90 Å². The first-order valence-corrected chi connectivity index (χ1v) is 7.97. The lowest BCUT2D eigenvalue weighted by molar-refractivity contribution is 0.313. The van der Waals surface area contributed by atoms with E-state index in [0.29, 0.717) is 0 Å². The molecule has 3 aromatic rings. The van der Waals surface area contributed by atoms with Crippen molar-refractivity contribution in [1.29, 1.82) is 0 Å². The Morgan fingerprint density at radius 1 is 0.960 bits per heavy atom. The van der Waals surface area contributed by atoms with E-state index in [4.69, 9.17) is 4.42 Å². The molecule has 6 heteroatoms. The van der Waals surface area contributed by atoms with Crippen molar-refractivity contribution >= 4 is 29.1 Å². The molecule has 134 valence electrons. The number of halogens is 1. The Hall–Kier alpha value is -2.21. The Morgan fingerprint density at radius 3 is 2.32 bits per heavy atom. The number of furan rings is 1. The highest BCUT2D eigenvalue weighted by Gasteiger charge is 2.24. The molecule has 2 heterocycles. The maximum Gasteiger partial charge on any atom is 0.158 e. The Labute approximate surface area is 153 Å². The highest BCUT2D eigenvalue weighted by atomic mass is 35.5. The van der Waals surface area contributed by atoms with Crippen LogP contribution in [0.3, 0.4) is 0 Å². The Morgan fingerprint density at radius 2 is 1.64 bits per heavy atom. The molecule has 1 fully saturated rings. The number of hydrogen-bond donors (Lipinski definition) is 1. The van der Waals surface area contributed by atoms with Crippen molar-refractivity contribution in [2.75, 3.05) is 38.1 Å². The number of likely N-dealkylation sites (N-methyl/N-ethyl adjacent to an activating group) is 1. The van der Waals surface area contributed by atoms with E-state index in [1.165, 1.54) is 0 Å². The lowest BCUT2D eigenvalue weighted by Gasteiger charge is -2.34. The molecule has 1 aromatic heterocycles. The van der Waals surface area contributed by atoms with Crippen molar-refractivity contribution in [3.63, 3.8) is 0 Å². The van der Waals surface area contributed by atoms with Gasteiger partial charge in [0.1, 0.15) is 11.3 Å². The lowest BCUT2D eigenvalue weighted by atomic mass is 10.1. The Balaban J connectivity index is 0.00000113. The summed E-state index contributed by atoms with van der Waals surface area (Å²) >= 11 is 0. The molecule has 0 atom stereocenters. The van der Waals surface area contributed by atoms with Crippen LogP contribution in [0.15, 0.2) is 52.9 Å². The predicted octanol–water partition coefficient (Wildman–Crippen LogP) is 3.15. The molecule has 3 N–H and O–H groups in total. The number of phenolic OH excluding ortho intramolecular Hbond substituents is 1. The van der Waals surface area contributed by atoms with Crippen molar-refractivity contribution < 1.29 is 15.0 Å². The fraction of sp³-hybridized carbons (Fsp3) is 0.263. The average molecular weight is 363 g/mol. The van der Waals surface area contributed by atoms with Crippen LogP contribution in [0.25, 0.3) is 22.3 Å². The van der Waals surface area contributed by atoms with Gasteiger partial charge >= 0.3 is 0 Å². The number of benzene rings is 2. The van der Waals surface area contributed by atoms with Crippen LogP contribution in [0.5, 0.6) is 5.75 Å². The highest BCUT2D eigenvalue weighted by molar-refractivity contribution is 6.00. The zero-order valence-corrected chi connectivity index (χ0v) is 14.9. The molecule has 0 spiro atoms. The second-order valence-corrected chi connectivity index (χ2v) is 6.12. The molecule has 0 bridgehead atoms. The van der Waals surface area contributed by atoms with Crippen molar-refractivity contribution in [2.45, 2.75) is 0 Å². The number of anilines is 1. The van der Waals surface area contributed by atoms with Gasteiger partial charge in [0.25, 0.3) is 0 Å². The van der Waals surface area contributed by atoms with Crippen molar-refractivity contribution in [3.8, 4) is 17.1 Å². The maximum absolute atomic E-state index is 9.91. The number of piperazine rings is 1. The molecule has 1 aliphatic heterocycles. The smallest absolute Gasteiger partial charge is 0.158 e. The largest absolute Gasteiger partial charge is 0.508 e. The van der Waals surface area contributed by atoms with Crippen LogP contribution in [0.2, 0.25) is 0 Å². The summed E-state index contributed by atoms with van der Waals surface area (Å²) in [6.07, 6.45) is 0. The summed E-state index contributed by atoms with van der Waals surface area (Å²) in [5.74, 6) is 1.16. The van der Waals surface area contributed by atoms with E-state index in [2.05, 4.69) is 29.0 Å². The minimum Gasteiger partial charge on any atom is -0.508 e. The maximum atomic E-state index is 9.91. The van der Waals surface area contributed by atoms with Crippen LogP contribution in [-0.4, -0.2) is 48.7 Å². The van der Waals surface area contributed by atoms with Gasteiger partial charge in [-0.25, -0.2) is 0 Å². The molecule has 0 radical (unpaired) electrons. The molecule has 0 aliphatic carbocycles. The fourth-order valence-corrected chi connectivity index (χ4v) is 3.20. The summed E-state index contributed by atoms with van der Waals surface area (Å²) in [5, 5.41) is 10.9. The van der Waals surface area contributed by atoms with Crippen LogP contribution in [-0.2, 0) is 0 Å². The first kappa shape index (κ1) is 19.1. The SMILES string of the molecule is CN1CCN(c2c(-c3ccccc3)oc3ccc(O)cc23)CC1.Cl.O. The van der Waals surface area contributed by atoms with Gasteiger partial charge in [-0.05, 0) is 25.2 Å². The Bertz CT molecular complexity index is 827. The minimum absolute atomic E-state index is 0. The average Bonchev–Trinajstić information content (AvgIpc) is 2.95. The number of phenols is 1. The molecule has 1 aliphatic rings. The number of aromatic hydroxyl groups is 1. The standard InChI is InChI=1S/C19H20N2O2.ClH.H2O/c1-20-9-11-21(12-10-20)18-16-13-15(22)7-8-17(16)23-19(18)14-5-3-2-4-6-14;;/h2-8,13,22H,9-12H2,1H3;1H;1H2. The Kier molecular flexibility index (Phi) is 5.95. The summed E-state index contributed by atoms with van der Waals surface area (Å²) in [6.45, 7) is 3.97. The number of fused-ring (bicyclic) bond motifs is 1. The second-order valence-electron chi connectivity index (χ2n) is 6.12. The van der Waals surface area contributed by atoms with Crippen molar-refractivity contribution in [3.05, 3.63) is 48.5 Å². The second kappa shape index (κ2) is 7.78. The van der Waals surface area contributed by atoms with Crippen LogP contribution in [0.4, 0.5) is 5.69 Å². The van der Waals surface area contributed by atoms with Gasteiger partial charge in [0, 0.05) is 37.1 Å². The van der Waals surface area contributed by atoms with Gasteiger partial charge < -0.3 is 24.8 Å². The van der Waals surface area contributed by atoms with Crippen LogP contribution in [0, 0.1) is 0 Å². The summed E-state index contributed by atoms with van der Waals surface area (Å²) in [7, 11) is 2.15. The van der Waals surface area contributed by atoms with Gasteiger partial charge in [0.2, 0.25) is 0 Å². The highest BCUT2D eigenvalue weighted by Crippen LogP contribution is 2.41. The molecule has 0 saturated carbocycles. The number of nitrogens with zero attached hydrogens (tertiary/aromatic N) is 2. The minimum atomic E-state index is 0. The normalized spacial score (nSPS) is 14.8. The first-order chi connectivity index (χ1) is 11.2. The molecular formula is C19H23ClN2O3. The zero-order chi connectivity index (χ0) is 15.8. The van der Waals surface area contributed by atoms with E-state index in [0.717, 1.165) is 54.2 Å². The van der Waals surface area contributed by atoms with E-state index in [1.54, 1.807) is 12.1 Å². The van der Waals surface area contributed by atoms with Gasteiger partial charge in [0.05, 0.1) is 5.69 Å². The quantitative estimate of drug-likeness (QED) is 0.760. The van der Waals surface area contributed by atoms with E-state index >= 15 is 0 Å². The van der Waals surface area contributed by atoms with Crippen LogP contribution in [0.1, 0.15) is 0 Å². The topological polar surface area (TPSA) is 71.3 Å². The van der Waals surface area contributed by atoms with Crippen molar-refractivity contribution in [2.24, 2.45) is 0 Å². The van der Waals surface area contributed by atoms with Gasteiger partial charge in [-0.1, -0.05) is 30.3 Å². The van der Waals surface area contributed by atoms with Gasteiger partial charge in [-0.2, -0.15) is 0 Å². The molecule has 2 aromatic carbocycles. The van der Waals surface area contributed by atoms with E-state index < -0.39 is 0 Å². The molecule has 25 heavy (non-hydrogen) atoms. The number of hydrogen-bond acceptors (Lipinski definition) is 4. The summed E-state index contributed by atoms with van der Waals surface area (Å²) in [4.78, 5) is 4.70. The van der Waals surface area contributed by atoms with Gasteiger partial charge in [-0.3, -0.25) is 0 Å². The monoisotopic (exact) mass is 362 g/mol. The molecule has 0 amide bonds. The van der Waals surface area contributed by atoms with Gasteiger partial charge in [-0.15, -0.1) is 12.4 Å². The van der Waals surface area contributed by atoms with E-state index in [9.17, 15) is 5.11 Å².